The lowest BCUT2D eigenvalue weighted by Crippen LogP contribution is -1.87. The molecule has 0 aliphatic heterocycles. The van der Waals surface area contributed by atoms with Gasteiger partial charge in [0, 0.05) is 21.7 Å². The Morgan fingerprint density at radius 1 is 1.00 bits per heavy atom. The van der Waals surface area contributed by atoms with Crippen molar-refractivity contribution in [1.82, 2.24) is 4.98 Å². The number of benzene rings is 2. The van der Waals surface area contributed by atoms with Crippen molar-refractivity contribution in [3.05, 3.63) is 71.7 Å². The number of nitrogens with zero attached hydrogens (tertiary/aromatic N) is 1. The highest BCUT2D eigenvalue weighted by Crippen LogP contribution is 2.29. The molecule has 0 spiro atoms. The Morgan fingerprint density at radius 3 is 2.60 bits per heavy atom. The van der Waals surface area contributed by atoms with Crippen molar-refractivity contribution in [2.45, 2.75) is 17.6 Å². The topological polar surface area (TPSA) is 12.9 Å². The number of hydrogen-bond acceptors (Lipinski definition) is 2. The number of hydrogen-bond donors (Lipinski definition) is 0. The van der Waals surface area contributed by atoms with E-state index in [0.717, 1.165) is 32.8 Å². The normalized spacial score (nSPS) is 10.9. The van der Waals surface area contributed by atoms with E-state index >= 15 is 0 Å². The molecule has 0 N–H and O–H groups in total. The maximum absolute atomic E-state index is 12.9. The fourth-order valence-electron chi connectivity index (χ4n) is 2.08. The lowest BCUT2D eigenvalue weighted by molar-refractivity contribution is 0.627. The highest BCUT2D eigenvalue weighted by atomic mass is 32.2. The van der Waals surface area contributed by atoms with Crippen molar-refractivity contribution in [2.75, 3.05) is 0 Å². The predicted octanol–water partition coefficient (Wildman–Crippen LogP) is 4.97. The Labute approximate surface area is 121 Å². The maximum atomic E-state index is 12.9. The zero-order valence-electron chi connectivity index (χ0n) is 11.1. The number of halogens is 1. The van der Waals surface area contributed by atoms with E-state index in [1.165, 1.54) is 12.1 Å². The molecule has 3 aromatic rings. The van der Waals surface area contributed by atoms with Gasteiger partial charge in [-0.3, -0.25) is 4.98 Å². The van der Waals surface area contributed by atoms with E-state index in [4.69, 9.17) is 0 Å². The molecule has 0 saturated heterocycles. The summed E-state index contributed by atoms with van der Waals surface area (Å²) >= 11 is 1.73. The molecule has 100 valence electrons. The van der Waals surface area contributed by atoms with Crippen molar-refractivity contribution in [3.63, 3.8) is 0 Å². The fraction of sp³-hybridized carbons (Fsp3) is 0.118. The van der Waals surface area contributed by atoms with Crippen LogP contribution >= 0.6 is 11.8 Å². The quantitative estimate of drug-likeness (QED) is 0.629. The van der Waals surface area contributed by atoms with Crippen molar-refractivity contribution >= 4 is 22.7 Å². The van der Waals surface area contributed by atoms with Crippen LogP contribution in [0.4, 0.5) is 4.39 Å². The van der Waals surface area contributed by atoms with Gasteiger partial charge in [-0.15, -0.1) is 11.8 Å². The lowest BCUT2D eigenvalue weighted by Gasteiger charge is -2.06. The van der Waals surface area contributed by atoms with Gasteiger partial charge in [0.25, 0.3) is 0 Å². The minimum atomic E-state index is -0.193. The molecule has 0 bridgehead atoms. The molecular formula is C17H14FNS. The Morgan fingerprint density at radius 2 is 1.80 bits per heavy atom. The molecule has 0 saturated carbocycles. The monoisotopic (exact) mass is 283 g/mol. The van der Waals surface area contributed by atoms with Crippen LogP contribution in [-0.2, 0) is 5.75 Å². The molecule has 0 fully saturated rings. The molecule has 20 heavy (non-hydrogen) atoms. The first-order valence-corrected chi connectivity index (χ1v) is 7.44. The summed E-state index contributed by atoms with van der Waals surface area (Å²) in [7, 11) is 0. The van der Waals surface area contributed by atoms with Crippen LogP contribution < -0.4 is 0 Å². The second-order valence-corrected chi connectivity index (χ2v) is 5.71. The number of aryl methyl sites for hydroxylation is 1. The summed E-state index contributed by atoms with van der Waals surface area (Å²) in [6.45, 7) is 2.00. The average Bonchev–Trinajstić information content (AvgIpc) is 2.47. The Hall–Kier alpha value is -1.87. The van der Waals surface area contributed by atoms with Crippen molar-refractivity contribution in [1.29, 1.82) is 0 Å². The molecule has 0 amide bonds. The molecule has 3 heteroatoms. The Kier molecular flexibility index (Phi) is 3.70. The largest absolute Gasteiger partial charge is 0.252 e. The van der Waals surface area contributed by atoms with E-state index in [2.05, 4.69) is 23.2 Å². The number of aromatic nitrogens is 1. The molecular weight excluding hydrogens is 269 g/mol. The molecule has 0 atom stereocenters. The zero-order valence-corrected chi connectivity index (χ0v) is 12.0. The number of pyridine rings is 1. The van der Waals surface area contributed by atoms with Crippen LogP contribution in [-0.4, -0.2) is 4.98 Å². The Balaban J connectivity index is 1.87. The second kappa shape index (κ2) is 5.63. The third-order valence-corrected chi connectivity index (χ3v) is 4.25. The van der Waals surface area contributed by atoms with Gasteiger partial charge in [0.2, 0.25) is 0 Å². The van der Waals surface area contributed by atoms with Gasteiger partial charge in [-0.05, 0) is 36.8 Å². The van der Waals surface area contributed by atoms with Crippen molar-refractivity contribution in [3.8, 4) is 0 Å². The van der Waals surface area contributed by atoms with Gasteiger partial charge in [-0.25, -0.2) is 4.39 Å². The average molecular weight is 283 g/mol. The molecule has 0 aliphatic carbocycles. The first-order chi connectivity index (χ1) is 9.72. The molecule has 1 nitrogen and oxygen atoms in total. The molecule has 1 heterocycles. The minimum Gasteiger partial charge on any atom is -0.252 e. The molecule has 0 radical (unpaired) electrons. The van der Waals surface area contributed by atoms with E-state index in [1.54, 1.807) is 11.8 Å². The maximum Gasteiger partial charge on any atom is 0.123 e. The zero-order chi connectivity index (χ0) is 13.9. The van der Waals surface area contributed by atoms with Crippen LogP contribution in [0.1, 0.15) is 11.3 Å². The van der Waals surface area contributed by atoms with Crippen LogP contribution in [0, 0.1) is 12.7 Å². The van der Waals surface area contributed by atoms with Gasteiger partial charge in [-0.1, -0.05) is 30.3 Å². The van der Waals surface area contributed by atoms with Crippen LogP contribution in [0.3, 0.4) is 0 Å². The third-order valence-electron chi connectivity index (χ3n) is 3.13. The van der Waals surface area contributed by atoms with Gasteiger partial charge in [0.1, 0.15) is 5.82 Å². The third kappa shape index (κ3) is 2.83. The van der Waals surface area contributed by atoms with E-state index in [9.17, 15) is 4.39 Å². The highest BCUT2D eigenvalue weighted by Gasteiger charge is 2.04. The summed E-state index contributed by atoms with van der Waals surface area (Å²) in [5.41, 5.74) is 3.17. The van der Waals surface area contributed by atoms with Gasteiger partial charge in [-0.2, -0.15) is 0 Å². The van der Waals surface area contributed by atoms with Gasteiger partial charge >= 0.3 is 0 Å². The highest BCUT2D eigenvalue weighted by molar-refractivity contribution is 7.98. The van der Waals surface area contributed by atoms with E-state index in [-0.39, 0.29) is 5.82 Å². The fourth-order valence-corrected chi connectivity index (χ4v) is 3.07. The summed E-state index contributed by atoms with van der Waals surface area (Å²) in [5, 5.41) is 1.15. The number of fused-ring (bicyclic) bond motifs is 1. The molecule has 0 unspecified atom stereocenters. The summed E-state index contributed by atoms with van der Waals surface area (Å²) in [6, 6.07) is 17.0. The van der Waals surface area contributed by atoms with Crippen LogP contribution in [0.15, 0.2) is 59.5 Å². The number of thioether (sulfide) groups is 1. The van der Waals surface area contributed by atoms with Crippen molar-refractivity contribution in [2.24, 2.45) is 0 Å². The number of para-hydroxylation sites is 1. The summed E-state index contributed by atoms with van der Waals surface area (Å²) in [5.74, 6) is 0.621. The van der Waals surface area contributed by atoms with Crippen molar-refractivity contribution < 1.29 is 4.39 Å². The van der Waals surface area contributed by atoms with Gasteiger partial charge in [0.05, 0.1) is 5.52 Å². The standard InChI is InChI=1S/C17H14FNS/c1-12-5-8-14-3-2-4-16(17(14)19-12)20-11-13-6-9-15(18)10-7-13/h2-10H,11H2,1H3. The molecule has 2 aromatic carbocycles. The SMILES string of the molecule is Cc1ccc2cccc(SCc3ccc(F)cc3)c2n1. The smallest absolute Gasteiger partial charge is 0.123 e. The predicted molar refractivity (Wildman–Crippen MR) is 82.4 cm³/mol. The second-order valence-electron chi connectivity index (χ2n) is 4.70. The van der Waals surface area contributed by atoms with Crippen LogP contribution in [0.25, 0.3) is 10.9 Å². The van der Waals surface area contributed by atoms with Gasteiger partial charge in [0.15, 0.2) is 0 Å². The van der Waals surface area contributed by atoms with E-state index < -0.39 is 0 Å². The van der Waals surface area contributed by atoms with E-state index in [0.29, 0.717) is 0 Å². The van der Waals surface area contributed by atoms with E-state index in [1.807, 2.05) is 31.2 Å². The van der Waals surface area contributed by atoms with Gasteiger partial charge < -0.3 is 0 Å². The lowest BCUT2D eigenvalue weighted by atomic mass is 10.2. The van der Waals surface area contributed by atoms with Crippen LogP contribution in [0.5, 0.6) is 0 Å². The summed E-state index contributed by atoms with van der Waals surface area (Å²) < 4.78 is 12.9. The first-order valence-electron chi connectivity index (χ1n) is 6.46. The molecule has 1 aromatic heterocycles. The summed E-state index contributed by atoms with van der Waals surface area (Å²) in [4.78, 5) is 5.78. The van der Waals surface area contributed by atoms with Crippen LogP contribution in [0.2, 0.25) is 0 Å². The Bertz CT molecular complexity index is 738. The molecule has 3 rings (SSSR count). The minimum absolute atomic E-state index is 0.193. The molecule has 0 aliphatic rings. The number of rotatable bonds is 3. The first kappa shape index (κ1) is 13.1. The summed E-state index contributed by atoms with van der Waals surface area (Å²) in [6.07, 6.45) is 0.